The average Bonchev–Trinajstić information content (AvgIpc) is 2.72. The lowest BCUT2D eigenvalue weighted by atomic mass is 10.3. The minimum atomic E-state index is -4.91. The van der Waals surface area contributed by atoms with Crippen LogP contribution in [-0.4, -0.2) is 15.9 Å². The summed E-state index contributed by atoms with van der Waals surface area (Å²) in [4.78, 5) is 3.74. The normalized spacial score (nSPS) is 11.5. The van der Waals surface area contributed by atoms with Gasteiger partial charge in [-0.3, -0.25) is 0 Å². The third kappa shape index (κ3) is 2.74. The topological polar surface area (TPSA) is 27.1 Å². The Hall–Kier alpha value is -2.05. The summed E-state index contributed by atoms with van der Waals surface area (Å²) in [6, 6.07) is 3.15. The van der Waals surface area contributed by atoms with Crippen molar-refractivity contribution >= 4 is 0 Å². The Balaban J connectivity index is 2.29. The van der Waals surface area contributed by atoms with Gasteiger partial charge in [-0.15, -0.1) is 13.2 Å². The fraction of sp³-hybridized carbons (Fsp3) is 0.100. The van der Waals surface area contributed by atoms with Crippen LogP contribution in [-0.2, 0) is 0 Å². The van der Waals surface area contributed by atoms with Crippen LogP contribution in [0.3, 0.4) is 0 Å². The molecule has 0 N–H and O–H groups in total. The maximum absolute atomic E-state index is 13.3. The van der Waals surface area contributed by atoms with E-state index in [1.54, 1.807) is 6.20 Å². The largest absolute Gasteiger partial charge is 0.573 e. The van der Waals surface area contributed by atoms with Gasteiger partial charge in [0.2, 0.25) is 0 Å². The molecule has 17 heavy (non-hydrogen) atoms. The Morgan fingerprint density at radius 3 is 2.53 bits per heavy atom. The van der Waals surface area contributed by atoms with Crippen LogP contribution in [0.5, 0.6) is 5.75 Å². The van der Waals surface area contributed by atoms with Gasteiger partial charge in [0.25, 0.3) is 0 Å². The predicted molar refractivity (Wildman–Crippen MR) is 50.2 cm³/mol. The number of hydrogen-bond donors (Lipinski definition) is 0. The zero-order valence-corrected chi connectivity index (χ0v) is 8.28. The first-order valence-electron chi connectivity index (χ1n) is 4.49. The van der Waals surface area contributed by atoms with Gasteiger partial charge in [-0.1, -0.05) is 0 Å². The van der Waals surface area contributed by atoms with Gasteiger partial charge in [0, 0.05) is 24.1 Å². The lowest BCUT2D eigenvalue weighted by Gasteiger charge is -2.10. The lowest BCUT2D eigenvalue weighted by molar-refractivity contribution is -0.275. The number of imidazole rings is 1. The summed E-state index contributed by atoms with van der Waals surface area (Å²) in [5, 5.41) is 0. The quantitative estimate of drug-likeness (QED) is 0.762. The first-order valence-corrected chi connectivity index (χ1v) is 4.49. The molecule has 0 spiro atoms. The fourth-order valence-corrected chi connectivity index (χ4v) is 1.27. The van der Waals surface area contributed by atoms with Crippen molar-refractivity contribution in [3.05, 3.63) is 42.7 Å². The molecule has 2 rings (SSSR count). The number of benzene rings is 1. The number of ether oxygens (including phenoxy) is 1. The molecule has 0 aliphatic rings. The van der Waals surface area contributed by atoms with Crippen LogP contribution in [0.15, 0.2) is 36.9 Å². The van der Waals surface area contributed by atoms with Gasteiger partial charge in [0.15, 0.2) is 11.6 Å². The van der Waals surface area contributed by atoms with Gasteiger partial charge in [-0.25, -0.2) is 9.37 Å². The van der Waals surface area contributed by atoms with Crippen LogP contribution in [0.25, 0.3) is 5.69 Å². The van der Waals surface area contributed by atoms with E-state index in [0.29, 0.717) is 5.69 Å². The highest BCUT2D eigenvalue weighted by molar-refractivity contribution is 5.38. The second kappa shape index (κ2) is 4.08. The standard InChI is InChI=1S/C10H6F4N2O/c11-8-5-7(16-4-3-15-6-16)1-2-9(8)17-10(12,13)14/h1-6H. The van der Waals surface area contributed by atoms with Crippen LogP contribution < -0.4 is 4.74 Å². The van der Waals surface area contributed by atoms with Crippen molar-refractivity contribution < 1.29 is 22.3 Å². The summed E-state index contributed by atoms with van der Waals surface area (Å²) in [6.07, 6.45) is -0.493. The van der Waals surface area contributed by atoms with E-state index in [1.165, 1.54) is 23.2 Å². The third-order valence-electron chi connectivity index (χ3n) is 1.94. The van der Waals surface area contributed by atoms with Crippen LogP contribution in [0.4, 0.5) is 17.6 Å². The summed E-state index contributed by atoms with van der Waals surface area (Å²) in [7, 11) is 0. The molecule has 0 saturated carbocycles. The van der Waals surface area contributed by atoms with E-state index in [9.17, 15) is 17.6 Å². The first-order chi connectivity index (χ1) is 7.96. The van der Waals surface area contributed by atoms with Crippen molar-refractivity contribution in [1.29, 1.82) is 0 Å². The Kier molecular flexibility index (Phi) is 2.74. The highest BCUT2D eigenvalue weighted by Crippen LogP contribution is 2.26. The van der Waals surface area contributed by atoms with Gasteiger partial charge >= 0.3 is 6.36 Å². The second-order valence-corrected chi connectivity index (χ2v) is 3.13. The number of hydrogen-bond acceptors (Lipinski definition) is 2. The molecular weight excluding hydrogens is 240 g/mol. The smallest absolute Gasteiger partial charge is 0.403 e. The predicted octanol–water partition coefficient (Wildman–Crippen LogP) is 2.91. The molecule has 0 amide bonds. The number of aromatic nitrogens is 2. The zero-order chi connectivity index (χ0) is 12.5. The van der Waals surface area contributed by atoms with Crippen molar-refractivity contribution in [2.75, 3.05) is 0 Å². The first kappa shape index (κ1) is 11.4. The second-order valence-electron chi connectivity index (χ2n) is 3.13. The molecule has 0 aliphatic carbocycles. The van der Waals surface area contributed by atoms with Gasteiger partial charge in [0.1, 0.15) is 0 Å². The Morgan fingerprint density at radius 2 is 2.00 bits per heavy atom. The molecule has 0 unspecified atom stereocenters. The van der Waals surface area contributed by atoms with E-state index in [1.807, 2.05) is 0 Å². The minimum absolute atomic E-state index is 0.356. The molecule has 0 aliphatic heterocycles. The van der Waals surface area contributed by atoms with Crippen molar-refractivity contribution in [1.82, 2.24) is 9.55 Å². The van der Waals surface area contributed by atoms with E-state index in [0.717, 1.165) is 12.1 Å². The summed E-state index contributed by atoms with van der Waals surface area (Å²) in [5.74, 6) is -1.95. The molecule has 0 atom stereocenters. The molecule has 0 bridgehead atoms. The van der Waals surface area contributed by atoms with Gasteiger partial charge in [-0.05, 0) is 12.1 Å². The van der Waals surface area contributed by atoms with Crippen molar-refractivity contribution in [3.63, 3.8) is 0 Å². The molecule has 1 aromatic heterocycles. The molecular formula is C10H6F4N2O. The van der Waals surface area contributed by atoms with E-state index in [4.69, 9.17) is 0 Å². The van der Waals surface area contributed by atoms with Crippen LogP contribution in [0, 0.1) is 5.82 Å². The van der Waals surface area contributed by atoms with E-state index >= 15 is 0 Å². The molecule has 1 aromatic carbocycles. The Labute approximate surface area is 93.3 Å². The number of nitrogens with zero attached hydrogens (tertiary/aromatic N) is 2. The van der Waals surface area contributed by atoms with Gasteiger partial charge in [-0.2, -0.15) is 0 Å². The molecule has 0 radical (unpaired) electrons. The van der Waals surface area contributed by atoms with Crippen LogP contribution in [0.2, 0.25) is 0 Å². The van der Waals surface area contributed by atoms with Crippen LogP contribution >= 0.6 is 0 Å². The van der Waals surface area contributed by atoms with Crippen LogP contribution in [0.1, 0.15) is 0 Å². The zero-order valence-electron chi connectivity index (χ0n) is 8.28. The number of rotatable bonds is 2. The number of halogens is 4. The molecule has 90 valence electrons. The number of alkyl halides is 3. The SMILES string of the molecule is Fc1cc(-n2ccnc2)ccc1OC(F)(F)F. The summed E-state index contributed by atoms with van der Waals surface area (Å²) >= 11 is 0. The lowest BCUT2D eigenvalue weighted by Crippen LogP contribution is -2.18. The Bertz CT molecular complexity index is 508. The molecule has 2 aromatic rings. The molecule has 7 heteroatoms. The summed E-state index contributed by atoms with van der Waals surface area (Å²) < 4.78 is 54.0. The van der Waals surface area contributed by atoms with Gasteiger partial charge in [0.05, 0.1) is 6.33 Å². The minimum Gasteiger partial charge on any atom is -0.403 e. The fourth-order valence-electron chi connectivity index (χ4n) is 1.27. The summed E-state index contributed by atoms with van der Waals surface area (Å²) in [5.41, 5.74) is 0.356. The molecule has 1 heterocycles. The highest BCUT2D eigenvalue weighted by atomic mass is 19.4. The maximum Gasteiger partial charge on any atom is 0.573 e. The monoisotopic (exact) mass is 246 g/mol. The third-order valence-corrected chi connectivity index (χ3v) is 1.94. The Morgan fingerprint density at radius 1 is 1.24 bits per heavy atom. The molecule has 0 saturated heterocycles. The average molecular weight is 246 g/mol. The summed E-state index contributed by atoms with van der Waals surface area (Å²) in [6.45, 7) is 0. The van der Waals surface area contributed by atoms with E-state index < -0.39 is 17.9 Å². The van der Waals surface area contributed by atoms with Crippen molar-refractivity contribution in [3.8, 4) is 11.4 Å². The van der Waals surface area contributed by atoms with E-state index in [2.05, 4.69) is 9.72 Å². The van der Waals surface area contributed by atoms with Gasteiger partial charge < -0.3 is 9.30 Å². The highest BCUT2D eigenvalue weighted by Gasteiger charge is 2.32. The maximum atomic E-state index is 13.3. The van der Waals surface area contributed by atoms with E-state index in [-0.39, 0.29) is 0 Å². The van der Waals surface area contributed by atoms with Crippen molar-refractivity contribution in [2.24, 2.45) is 0 Å². The van der Waals surface area contributed by atoms with Crippen molar-refractivity contribution in [2.45, 2.75) is 6.36 Å². The molecule has 3 nitrogen and oxygen atoms in total. The molecule has 0 fully saturated rings.